The van der Waals surface area contributed by atoms with Crippen molar-refractivity contribution in [1.29, 1.82) is 5.26 Å². The lowest BCUT2D eigenvalue weighted by Gasteiger charge is -2.36. The van der Waals surface area contributed by atoms with Crippen molar-refractivity contribution in [2.24, 2.45) is 0 Å². The lowest BCUT2D eigenvalue weighted by molar-refractivity contribution is 0.203. The van der Waals surface area contributed by atoms with E-state index in [1.807, 2.05) is 0 Å². The summed E-state index contributed by atoms with van der Waals surface area (Å²) in [5.74, 6) is 1.38. The van der Waals surface area contributed by atoms with E-state index in [1.165, 1.54) is 34.0 Å². The van der Waals surface area contributed by atoms with Crippen molar-refractivity contribution in [2.75, 3.05) is 13.2 Å². The van der Waals surface area contributed by atoms with Gasteiger partial charge in [0.1, 0.15) is 25.0 Å². The number of hydrogen-bond acceptors (Lipinski definition) is 5. The molecule has 0 amide bonds. The summed E-state index contributed by atoms with van der Waals surface area (Å²) < 4.78 is 18.2. The van der Waals surface area contributed by atoms with Gasteiger partial charge in [0.25, 0.3) is 0 Å². The zero-order valence-corrected chi connectivity index (χ0v) is 23.9. The van der Waals surface area contributed by atoms with Crippen molar-refractivity contribution in [3.63, 3.8) is 0 Å². The van der Waals surface area contributed by atoms with E-state index in [9.17, 15) is 0 Å². The first-order valence-corrected chi connectivity index (χ1v) is 15.3. The summed E-state index contributed by atoms with van der Waals surface area (Å²) in [7, 11) is -1.77. The first-order chi connectivity index (χ1) is 16.9. The predicted octanol–water partition coefficient (Wildman–Crippen LogP) is 7.53. The van der Waals surface area contributed by atoms with E-state index in [0.29, 0.717) is 31.3 Å². The van der Waals surface area contributed by atoms with Crippen molar-refractivity contribution >= 4 is 8.32 Å². The third-order valence-corrected chi connectivity index (χ3v) is 11.6. The van der Waals surface area contributed by atoms with Gasteiger partial charge in [0.15, 0.2) is 8.32 Å². The molecule has 2 aromatic carbocycles. The second kappa shape index (κ2) is 11.3. The van der Waals surface area contributed by atoms with E-state index in [4.69, 9.17) is 19.2 Å². The maximum Gasteiger partial charge on any atom is 0.213 e. The van der Waals surface area contributed by atoms with Crippen molar-refractivity contribution < 1.29 is 13.9 Å². The Morgan fingerprint density at radius 3 is 2.22 bits per heavy atom. The minimum Gasteiger partial charge on any atom is -0.491 e. The van der Waals surface area contributed by atoms with Crippen molar-refractivity contribution in [3.05, 3.63) is 76.5 Å². The number of nitriles is 1. The second-order valence-electron chi connectivity index (χ2n) is 10.8. The maximum atomic E-state index is 8.94. The molecule has 6 heteroatoms. The van der Waals surface area contributed by atoms with Crippen LogP contribution in [0.25, 0.3) is 11.1 Å². The summed E-state index contributed by atoms with van der Waals surface area (Å²) in [6.07, 6.45) is 1.52. The van der Waals surface area contributed by atoms with Crippen LogP contribution in [0.1, 0.15) is 48.6 Å². The Kier molecular flexibility index (Phi) is 8.60. The van der Waals surface area contributed by atoms with Gasteiger partial charge >= 0.3 is 0 Å². The van der Waals surface area contributed by atoms with Gasteiger partial charge in [-0.05, 0) is 90.5 Å². The first kappa shape index (κ1) is 27.4. The third kappa shape index (κ3) is 6.54. The summed E-state index contributed by atoms with van der Waals surface area (Å²) >= 11 is 0. The molecule has 0 aliphatic carbocycles. The number of aromatic nitrogens is 1. The number of nitrogens with zero attached hydrogens (tertiary/aromatic N) is 2. The Morgan fingerprint density at radius 1 is 0.944 bits per heavy atom. The van der Waals surface area contributed by atoms with E-state index in [1.54, 1.807) is 12.1 Å². The van der Waals surface area contributed by atoms with E-state index in [-0.39, 0.29) is 5.04 Å². The molecule has 190 valence electrons. The normalized spacial score (nSPS) is 11.8. The highest BCUT2D eigenvalue weighted by Gasteiger charge is 2.36. The number of pyridine rings is 1. The lowest BCUT2D eigenvalue weighted by atomic mass is 9.90. The van der Waals surface area contributed by atoms with Crippen LogP contribution in [0.3, 0.4) is 0 Å². The van der Waals surface area contributed by atoms with Gasteiger partial charge in [-0.25, -0.2) is 4.98 Å². The lowest BCUT2D eigenvalue weighted by Crippen LogP contribution is -2.41. The Morgan fingerprint density at radius 2 is 1.64 bits per heavy atom. The summed E-state index contributed by atoms with van der Waals surface area (Å²) in [5.41, 5.74) is 7.54. The van der Waals surface area contributed by atoms with Crippen molar-refractivity contribution in [2.45, 2.75) is 66.3 Å². The first-order valence-electron chi connectivity index (χ1n) is 12.4. The SMILES string of the molecule is Cc1cc(OCCO[Si](C)(C)C(C)(C)C)cc(C)c1-c1cccc(COc2ccc(C#N)cn2)c1C. The monoisotopic (exact) mass is 502 g/mol. The van der Waals surface area contributed by atoms with Gasteiger partial charge in [-0.15, -0.1) is 0 Å². The molecule has 1 aromatic heterocycles. The molecule has 3 aromatic rings. The summed E-state index contributed by atoms with van der Waals surface area (Å²) in [6, 6.07) is 16.0. The van der Waals surface area contributed by atoms with E-state index < -0.39 is 8.32 Å². The zero-order chi connectivity index (χ0) is 26.5. The van der Waals surface area contributed by atoms with Gasteiger partial charge in [0, 0.05) is 12.3 Å². The molecule has 0 unspecified atom stereocenters. The predicted molar refractivity (Wildman–Crippen MR) is 148 cm³/mol. The van der Waals surface area contributed by atoms with Crippen LogP contribution >= 0.6 is 0 Å². The average molecular weight is 503 g/mol. The fourth-order valence-electron chi connectivity index (χ4n) is 3.90. The van der Waals surface area contributed by atoms with E-state index in [0.717, 1.165) is 11.3 Å². The van der Waals surface area contributed by atoms with Crippen LogP contribution in [0.2, 0.25) is 18.1 Å². The molecule has 36 heavy (non-hydrogen) atoms. The largest absolute Gasteiger partial charge is 0.491 e. The fraction of sp³-hybridized carbons (Fsp3) is 0.400. The summed E-state index contributed by atoms with van der Waals surface area (Å²) in [4.78, 5) is 4.20. The van der Waals surface area contributed by atoms with Crippen LogP contribution < -0.4 is 9.47 Å². The number of hydrogen-bond donors (Lipinski definition) is 0. The molecule has 0 bridgehead atoms. The number of ether oxygens (including phenoxy) is 2. The van der Waals surface area contributed by atoms with Crippen molar-refractivity contribution in [3.8, 4) is 28.8 Å². The molecule has 1 heterocycles. The van der Waals surface area contributed by atoms with Crippen LogP contribution in [-0.4, -0.2) is 26.5 Å². The van der Waals surface area contributed by atoms with Gasteiger partial charge in [0.05, 0.1) is 12.2 Å². The van der Waals surface area contributed by atoms with Crippen LogP contribution in [0.15, 0.2) is 48.7 Å². The maximum absolute atomic E-state index is 8.94. The minimum absolute atomic E-state index is 0.192. The Hall–Kier alpha value is -3.14. The van der Waals surface area contributed by atoms with Gasteiger partial charge in [-0.3, -0.25) is 0 Å². The zero-order valence-electron chi connectivity index (χ0n) is 22.9. The molecule has 0 aliphatic heterocycles. The molecule has 0 fully saturated rings. The van der Waals surface area contributed by atoms with Crippen LogP contribution in [0.4, 0.5) is 0 Å². The molecular weight excluding hydrogens is 464 g/mol. The molecule has 0 saturated carbocycles. The molecule has 5 nitrogen and oxygen atoms in total. The molecule has 3 rings (SSSR count). The standard InChI is InChI=1S/C30H38N2O3Si/c1-21-16-26(33-14-15-35-36(7,8)30(4,5)6)17-22(2)29(21)27-11-9-10-25(23(27)3)20-34-28-13-12-24(18-31)19-32-28/h9-13,16-17,19H,14-15,20H2,1-8H3. The van der Waals surface area contributed by atoms with E-state index >= 15 is 0 Å². The quantitative estimate of drug-likeness (QED) is 0.224. The molecular formula is C30H38N2O3Si. The van der Waals surface area contributed by atoms with Gasteiger partial charge in [-0.2, -0.15) is 5.26 Å². The molecule has 0 atom stereocenters. The van der Waals surface area contributed by atoms with Gasteiger partial charge in [-0.1, -0.05) is 39.0 Å². The van der Waals surface area contributed by atoms with E-state index in [2.05, 4.69) is 96.0 Å². The number of rotatable bonds is 9. The summed E-state index contributed by atoms with van der Waals surface area (Å²) in [6.45, 7) is 19.2. The van der Waals surface area contributed by atoms with Crippen LogP contribution in [0, 0.1) is 32.1 Å². The fourth-order valence-corrected chi connectivity index (χ4v) is 4.93. The highest BCUT2D eigenvalue weighted by atomic mass is 28.4. The highest BCUT2D eigenvalue weighted by molar-refractivity contribution is 6.74. The third-order valence-electron chi connectivity index (χ3n) is 7.08. The highest BCUT2D eigenvalue weighted by Crippen LogP contribution is 2.37. The number of benzene rings is 2. The van der Waals surface area contributed by atoms with Crippen molar-refractivity contribution in [1.82, 2.24) is 4.98 Å². The average Bonchev–Trinajstić information content (AvgIpc) is 2.81. The minimum atomic E-state index is -1.77. The molecule has 0 spiro atoms. The molecule has 0 saturated heterocycles. The number of aryl methyl sites for hydroxylation is 2. The van der Waals surface area contributed by atoms with Crippen LogP contribution in [0.5, 0.6) is 11.6 Å². The molecule has 0 N–H and O–H groups in total. The molecule has 0 aliphatic rings. The Balaban J connectivity index is 1.71. The topological polar surface area (TPSA) is 64.4 Å². The smallest absolute Gasteiger partial charge is 0.213 e. The van der Waals surface area contributed by atoms with Gasteiger partial charge < -0.3 is 13.9 Å². The summed E-state index contributed by atoms with van der Waals surface area (Å²) in [5, 5.41) is 9.13. The van der Waals surface area contributed by atoms with Crippen LogP contribution in [-0.2, 0) is 11.0 Å². The molecule has 0 radical (unpaired) electrons. The Bertz CT molecular complexity index is 1220. The van der Waals surface area contributed by atoms with Gasteiger partial charge in [0.2, 0.25) is 5.88 Å². The Labute approximate surface area is 217 Å². The second-order valence-corrected chi connectivity index (χ2v) is 15.6.